The van der Waals surface area contributed by atoms with Crippen molar-refractivity contribution in [3.8, 4) is 0 Å². The molecule has 6 heteroatoms. The van der Waals surface area contributed by atoms with Gasteiger partial charge in [-0.3, -0.25) is 9.59 Å². The Morgan fingerprint density at radius 3 is 2.64 bits per heavy atom. The lowest BCUT2D eigenvalue weighted by Gasteiger charge is -2.63. The van der Waals surface area contributed by atoms with Crippen molar-refractivity contribution in [2.75, 3.05) is 6.61 Å². The average molecular weight is 392 g/mol. The molecule has 0 aromatic rings. The summed E-state index contributed by atoms with van der Waals surface area (Å²) in [6.07, 6.45) is 4.44. The Labute approximate surface area is 164 Å². The number of fused-ring (bicyclic) bond motifs is 5. The maximum absolute atomic E-state index is 16.9. The number of hydrogen-bond donors (Lipinski definition) is 3. The van der Waals surface area contributed by atoms with Gasteiger partial charge in [0.25, 0.3) is 0 Å². The molecule has 0 amide bonds. The Morgan fingerprint density at radius 2 is 2.00 bits per heavy atom. The Balaban J connectivity index is 1.85. The van der Waals surface area contributed by atoms with Gasteiger partial charge in [-0.05, 0) is 56.1 Å². The third-order valence-corrected chi connectivity index (χ3v) is 8.72. The number of allylic oxidation sites excluding steroid dienone is 4. The Kier molecular flexibility index (Phi) is 4.15. The van der Waals surface area contributed by atoms with Crippen LogP contribution in [0.4, 0.5) is 4.39 Å². The van der Waals surface area contributed by atoms with Crippen LogP contribution in [-0.4, -0.2) is 50.9 Å². The van der Waals surface area contributed by atoms with E-state index < -0.39 is 58.3 Å². The van der Waals surface area contributed by atoms with E-state index in [9.17, 15) is 24.9 Å². The van der Waals surface area contributed by atoms with Gasteiger partial charge in [-0.1, -0.05) is 25.5 Å². The van der Waals surface area contributed by atoms with Crippen molar-refractivity contribution in [2.45, 2.75) is 63.8 Å². The van der Waals surface area contributed by atoms with Crippen LogP contribution in [0, 0.1) is 28.6 Å². The number of aliphatic hydroxyl groups is 3. The van der Waals surface area contributed by atoms with E-state index in [4.69, 9.17) is 0 Å². The Hall–Kier alpha value is -1.37. The molecule has 0 aromatic carbocycles. The molecule has 8 atom stereocenters. The number of aliphatic hydroxyl groups excluding tert-OH is 2. The number of Topliss-reactive ketones (excluding diaryl/α,β-unsaturated/α-hetero) is 1. The molecule has 3 N–H and O–H groups in total. The zero-order chi connectivity index (χ0) is 20.7. The van der Waals surface area contributed by atoms with E-state index in [0.29, 0.717) is 24.8 Å². The van der Waals surface area contributed by atoms with Gasteiger partial charge < -0.3 is 15.3 Å². The van der Waals surface area contributed by atoms with Crippen molar-refractivity contribution in [2.24, 2.45) is 28.6 Å². The summed E-state index contributed by atoms with van der Waals surface area (Å²) in [6.45, 7) is 4.64. The summed E-state index contributed by atoms with van der Waals surface area (Å²) in [5.41, 5.74) is -4.85. The first-order valence-electron chi connectivity index (χ1n) is 10.1. The van der Waals surface area contributed by atoms with E-state index in [1.165, 1.54) is 12.2 Å². The van der Waals surface area contributed by atoms with Crippen LogP contribution in [0.2, 0.25) is 0 Å². The number of ketones is 2. The molecule has 28 heavy (non-hydrogen) atoms. The molecule has 3 fully saturated rings. The molecule has 0 aromatic heterocycles. The lowest BCUT2D eigenvalue weighted by molar-refractivity contribution is -0.215. The Morgan fingerprint density at radius 1 is 1.32 bits per heavy atom. The third-order valence-electron chi connectivity index (χ3n) is 8.72. The van der Waals surface area contributed by atoms with E-state index in [1.54, 1.807) is 19.9 Å². The van der Waals surface area contributed by atoms with Crippen LogP contribution in [0.5, 0.6) is 0 Å². The van der Waals surface area contributed by atoms with Crippen LogP contribution in [0.1, 0.15) is 46.5 Å². The summed E-state index contributed by atoms with van der Waals surface area (Å²) in [4.78, 5) is 24.3. The van der Waals surface area contributed by atoms with Crippen LogP contribution in [0.25, 0.3) is 0 Å². The Bertz CT molecular complexity index is 805. The number of alkyl halides is 1. The lowest BCUT2D eigenvalue weighted by atomic mass is 9.44. The summed E-state index contributed by atoms with van der Waals surface area (Å²) < 4.78 is 16.9. The molecular formula is C22H29FO5. The maximum atomic E-state index is 16.9. The molecule has 4 aliphatic carbocycles. The van der Waals surface area contributed by atoms with Gasteiger partial charge in [0.1, 0.15) is 12.2 Å². The van der Waals surface area contributed by atoms with Gasteiger partial charge >= 0.3 is 0 Å². The molecule has 4 rings (SSSR count). The van der Waals surface area contributed by atoms with Crippen molar-refractivity contribution < 1.29 is 29.3 Å². The molecule has 3 saturated carbocycles. The van der Waals surface area contributed by atoms with Crippen LogP contribution in [-0.2, 0) is 9.59 Å². The lowest BCUT2D eigenvalue weighted by Crippen LogP contribution is -2.69. The summed E-state index contributed by atoms with van der Waals surface area (Å²) in [5.74, 6) is -2.46. The highest BCUT2D eigenvalue weighted by Crippen LogP contribution is 2.71. The molecule has 154 valence electrons. The molecule has 4 aliphatic rings. The van der Waals surface area contributed by atoms with E-state index >= 15 is 4.39 Å². The molecule has 0 aliphatic heterocycles. The van der Waals surface area contributed by atoms with Gasteiger partial charge in [-0.2, -0.15) is 0 Å². The SMILES string of the molecule is CC1CC2(C)C(CC(O)[C@@]3(F)C2CCC2=CC(=O)C=CC23C)[C@@]1(O)C(=O)CO. The number of halogens is 1. The van der Waals surface area contributed by atoms with Gasteiger partial charge in [0.2, 0.25) is 0 Å². The fourth-order valence-corrected chi connectivity index (χ4v) is 7.32. The minimum absolute atomic E-state index is 0.0548. The average Bonchev–Trinajstić information content (AvgIpc) is 2.84. The largest absolute Gasteiger partial charge is 0.390 e. The van der Waals surface area contributed by atoms with Crippen molar-refractivity contribution >= 4 is 11.6 Å². The van der Waals surface area contributed by atoms with Crippen LogP contribution in [0.3, 0.4) is 0 Å². The minimum atomic E-state index is -1.99. The number of rotatable bonds is 2. The maximum Gasteiger partial charge on any atom is 0.190 e. The zero-order valence-corrected chi connectivity index (χ0v) is 16.6. The second-order valence-electron chi connectivity index (χ2n) is 9.79. The van der Waals surface area contributed by atoms with Crippen LogP contribution in [0.15, 0.2) is 23.8 Å². The quantitative estimate of drug-likeness (QED) is 0.667. The number of carbonyl (C=O) groups excluding carboxylic acids is 2. The van der Waals surface area contributed by atoms with Gasteiger partial charge in [0.15, 0.2) is 17.2 Å². The van der Waals surface area contributed by atoms with Gasteiger partial charge in [0.05, 0.1) is 6.10 Å². The monoisotopic (exact) mass is 392 g/mol. The van der Waals surface area contributed by atoms with E-state index in [-0.39, 0.29) is 12.2 Å². The normalized spacial score (nSPS) is 52.5. The fraction of sp³-hybridized carbons (Fsp3) is 0.727. The molecule has 0 bridgehead atoms. The first-order chi connectivity index (χ1) is 13.0. The second-order valence-corrected chi connectivity index (χ2v) is 9.79. The van der Waals surface area contributed by atoms with E-state index in [2.05, 4.69) is 0 Å². The predicted molar refractivity (Wildman–Crippen MR) is 99.9 cm³/mol. The van der Waals surface area contributed by atoms with Crippen molar-refractivity contribution in [1.29, 1.82) is 0 Å². The van der Waals surface area contributed by atoms with Gasteiger partial charge in [-0.15, -0.1) is 0 Å². The highest BCUT2D eigenvalue weighted by atomic mass is 19.1. The third kappa shape index (κ3) is 2.06. The minimum Gasteiger partial charge on any atom is -0.390 e. The summed E-state index contributed by atoms with van der Waals surface area (Å²) in [6, 6.07) is 0. The molecule has 0 spiro atoms. The molecule has 5 nitrogen and oxygen atoms in total. The fourth-order valence-electron chi connectivity index (χ4n) is 7.32. The molecule has 0 radical (unpaired) electrons. The smallest absolute Gasteiger partial charge is 0.190 e. The standard InChI is InChI=1S/C22H29FO5/c1-12-10-19(2)15-5-4-13-8-14(25)6-7-20(13,3)22(15,23)17(26)9-16(19)21(12,28)18(27)11-24/h6-8,12,15-17,24,26,28H,4-5,9-11H2,1-3H3/t12?,15?,16?,17?,19?,20?,21-,22+/m1/s1. The zero-order valence-electron chi connectivity index (χ0n) is 16.6. The highest BCUT2D eigenvalue weighted by molar-refractivity contribution is 6.01. The van der Waals surface area contributed by atoms with E-state index in [0.717, 1.165) is 0 Å². The first-order valence-corrected chi connectivity index (χ1v) is 10.1. The number of hydrogen-bond acceptors (Lipinski definition) is 5. The summed E-state index contributed by atoms with van der Waals surface area (Å²) in [5, 5.41) is 31.8. The van der Waals surface area contributed by atoms with Gasteiger partial charge in [-0.25, -0.2) is 4.39 Å². The molecule has 0 saturated heterocycles. The molecular weight excluding hydrogens is 363 g/mol. The van der Waals surface area contributed by atoms with E-state index in [1.807, 2.05) is 6.92 Å². The summed E-state index contributed by atoms with van der Waals surface area (Å²) >= 11 is 0. The number of carbonyl (C=O) groups is 2. The van der Waals surface area contributed by atoms with Crippen molar-refractivity contribution in [3.05, 3.63) is 23.8 Å². The summed E-state index contributed by atoms with van der Waals surface area (Å²) in [7, 11) is 0. The molecule has 0 heterocycles. The van der Waals surface area contributed by atoms with Crippen molar-refractivity contribution in [1.82, 2.24) is 0 Å². The highest BCUT2D eigenvalue weighted by Gasteiger charge is 2.75. The topological polar surface area (TPSA) is 94.8 Å². The first kappa shape index (κ1) is 19.9. The van der Waals surface area contributed by atoms with Crippen molar-refractivity contribution in [3.63, 3.8) is 0 Å². The predicted octanol–water partition coefficient (Wildman–Crippen LogP) is 1.90. The van der Waals surface area contributed by atoms with Crippen LogP contribution < -0.4 is 0 Å². The van der Waals surface area contributed by atoms with Gasteiger partial charge in [0, 0.05) is 17.3 Å². The van der Waals surface area contributed by atoms with Crippen LogP contribution >= 0.6 is 0 Å². The second kappa shape index (κ2) is 5.83. The molecule has 6 unspecified atom stereocenters.